The maximum absolute atomic E-state index is 6.20. The fourth-order valence-electron chi connectivity index (χ4n) is 4.47. The summed E-state index contributed by atoms with van der Waals surface area (Å²) in [7, 11) is 0. The predicted octanol–water partition coefficient (Wildman–Crippen LogP) is 6.19. The Morgan fingerprint density at radius 1 is 0.686 bits per heavy atom. The molecule has 0 radical (unpaired) electrons. The molecule has 0 amide bonds. The van der Waals surface area contributed by atoms with E-state index < -0.39 is 0 Å². The lowest BCUT2D eigenvalue weighted by Gasteiger charge is -2.30. The van der Waals surface area contributed by atoms with Crippen molar-refractivity contribution in [3.05, 3.63) is 124 Å². The number of halogens is 1. The lowest BCUT2D eigenvalue weighted by atomic mass is 10.1. The summed E-state index contributed by atoms with van der Waals surface area (Å²) < 4.78 is 0. The summed E-state index contributed by atoms with van der Waals surface area (Å²) in [4.78, 5) is 9.05. The van der Waals surface area contributed by atoms with Gasteiger partial charge in [0.1, 0.15) is 5.82 Å². The van der Waals surface area contributed by atoms with Crippen molar-refractivity contribution in [1.29, 1.82) is 0 Å². The van der Waals surface area contributed by atoms with Crippen molar-refractivity contribution in [3.8, 4) is 0 Å². The third-order valence-electron chi connectivity index (χ3n) is 6.26. The second-order valence-corrected chi connectivity index (χ2v) is 9.30. The number of benzene rings is 3. The van der Waals surface area contributed by atoms with Gasteiger partial charge >= 0.3 is 0 Å². The van der Waals surface area contributed by atoms with Crippen LogP contribution >= 0.6 is 11.6 Å². The van der Waals surface area contributed by atoms with Crippen molar-refractivity contribution in [2.45, 2.75) is 26.2 Å². The minimum absolute atomic E-state index is 0.844. The average Bonchev–Trinajstić information content (AvgIpc) is 2.91. The Balaban J connectivity index is 0.000000145. The first-order valence-electron chi connectivity index (χ1n) is 12.0. The Labute approximate surface area is 212 Å². The van der Waals surface area contributed by atoms with Gasteiger partial charge in [-0.3, -0.25) is 9.80 Å². The number of para-hydroxylation sites is 1. The molecule has 1 aromatic heterocycles. The zero-order valence-corrected chi connectivity index (χ0v) is 20.5. The highest BCUT2D eigenvalue weighted by Gasteiger charge is 2.16. The van der Waals surface area contributed by atoms with Crippen molar-refractivity contribution in [2.75, 3.05) is 24.0 Å². The Kier molecular flexibility index (Phi) is 7.59. The minimum Gasteiger partial charge on any atom is -0.372 e. The summed E-state index contributed by atoms with van der Waals surface area (Å²) in [5.74, 6) is 1.02. The number of anilines is 2. The molecule has 0 saturated carbocycles. The van der Waals surface area contributed by atoms with E-state index in [4.69, 9.17) is 11.6 Å². The number of pyridine rings is 1. The van der Waals surface area contributed by atoms with E-state index >= 15 is 0 Å². The van der Waals surface area contributed by atoms with E-state index in [1.54, 1.807) is 0 Å². The molecule has 0 unspecified atom stereocenters. The van der Waals surface area contributed by atoms with Crippen LogP contribution in [0.25, 0.3) is 0 Å². The summed E-state index contributed by atoms with van der Waals surface area (Å²) >= 11 is 6.20. The fraction of sp³-hybridized carbons (Fsp3) is 0.207. The van der Waals surface area contributed by atoms with Gasteiger partial charge in [0.15, 0.2) is 0 Å². The van der Waals surface area contributed by atoms with Crippen molar-refractivity contribution in [3.63, 3.8) is 0 Å². The van der Waals surface area contributed by atoms with Crippen molar-refractivity contribution < 1.29 is 0 Å². The van der Waals surface area contributed by atoms with Crippen LogP contribution < -0.4 is 10.6 Å². The molecule has 2 aliphatic rings. The van der Waals surface area contributed by atoms with Crippen molar-refractivity contribution in [1.82, 2.24) is 14.8 Å². The smallest absolute Gasteiger partial charge is 0.131 e. The second kappa shape index (κ2) is 11.4. The lowest BCUT2D eigenvalue weighted by molar-refractivity contribution is 0.266. The van der Waals surface area contributed by atoms with Gasteiger partial charge in [-0.05, 0) is 34.9 Å². The summed E-state index contributed by atoms with van der Waals surface area (Å²) in [6.45, 7) is 5.50. The molecule has 0 fully saturated rings. The zero-order chi connectivity index (χ0) is 23.9. The molecular formula is C29H30ClN5. The molecule has 3 heterocycles. The largest absolute Gasteiger partial charge is 0.372 e. The second-order valence-electron chi connectivity index (χ2n) is 8.89. The highest BCUT2D eigenvalue weighted by molar-refractivity contribution is 6.31. The summed E-state index contributed by atoms with van der Waals surface area (Å²) in [6.07, 6.45) is 1.83. The van der Waals surface area contributed by atoms with Crippen LogP contribution in [0.5, 0.6) is 0 Å². The van der Waals surface area contributed by atoms with Crippen LogP contribution in [0.15, 0.2) is 97.2 Å². The van der Waals surface area contributed by atoms with Crippen molar-refractivity contribution >= 4 is 23.1 Å². The van der Waals surface area contributed by atoms with Gasteiger partial charge in [-0.15, -0.1) is 0 Å². The summed E-state index contributed by atoms with van der Waals surface area (Å²) in [6, 6.07) is 31.2. The number of nitrogens with one attached hydrogen (secondary N) is 2. The first kappa shape index (κ1) is 23.4. The molecule has 6 rings (SSSR count). The molecule has 5 nitrogen and oxygen atoms in total. The molecule has 2 N–H and O–H groups in total. The van der Waals surface area contributed by atoms with E-state index in [1.165, 1.54) is 27.9 Å². The van der Waals surface area contributed by atoms with Gasteiger partial charge in [0.2, 0.25) is 0 Å². The maximum Gasteiger partial charge on any atom is 0.131 e. The highest BCUT2D eigenvalue weighted by atomic mass is 35.5. The Morgan fingerprint density at radius 3 is 2.26 bits per heavy atom. The maximum atomic E-state index is 6.20. The van der Waals surface area contributed by atoms with Crippen LogP contribution in [0.1, 0.15) is 22.3 Å². The molecule has 178 valence electrons. The standard InChI is InChI=1S/C15H15ClN2.C14H15N3/c16-14-7-3-1-5-12(14)9-18-10-13-6-2-4-8-15(13)17-11-18;1-2-5-12(6-3-1)9-17-10-13-7-4-8-15-14(13)16-11-17/h1-8,17H,9-11H2;1-8H,9-11H2,(H,15,16). The number of aromatic nitrogens is 1. The molecule has 0 spiro atoms. The quantitative estimate of drug-likeness (QED) is 0.362. The lowest BCUT2D eigenvalue weighted by Crippen LogP contribution is -2.33. The summed E-state index contributed by atoms with van der Waals surface area (Å²) in [5, 5.41) is 7.63. The number of hydrogen-bond acceptors (Lipinski definition) is 5. The number of fused-ring (bicyclic) bond motifs is 2. The van der Waals surface area contributed by atoms with Crippen molar-refractivity contribution in [2.24, 2.45) is 0 Å². The highest BCUT2D eigenvalue weighted by Crippen LogP contribution is 2.24. The zero-order valence-electron chi connectivity index (χ0n) is 19.7. The van der Waals surface area contributed by atoms with E-state index in [-0.39, 0.29) is 0 Å². The molecule has 3 aromatic carbocycles. The first-order chi connectivity index (χ1) is 17.2. The molecule has 35 heavy (non-hydrogen) atoms. The predicted molar refractivity (Wildman–Crippen MR) is 144 cm³/mol. The normalized spacial score (nSPS) is 15.0. The molecule has 4 aromatic rings. The van der Waals surface area contributed by atoms with E-state index in [2.05, 4.69) is 92.1 Å². The molecule has 2 aliphatic heterocycles. The van der Waals surface area contributed by atoms with Gasteiger partial charge in [0.25, 0.3) is 0 Å². The van der Waals surface area contributed by atoms with Gasteiger partial charge < -0.3 is 10.6 Å². The molecule has 6 heteroatoms. The van der Waals surface area contributed by atoms with Crippen LogP contribution in [0.2, 0.25) is 5.02 Å². The molecular weight excluding hydrogens is 454 g/mol. The van der Waals surface area contributed by atoms with E-state index in [0.717, 1.165) is 50.4 Å². The minimum atomic E-state index is 0.844. The van der Waals surface area contributed by atoms with Gasteiger partial charge in [-0.2, -0.15) is 0 Å². The van der Waals surface area contributed by atoms with Crippen LogP contribution in [-0.2, 0) is 26.2 Å². The summed E-state index contributed by atoms with van der Waals surface area (Å²) in [5.41, 5.74) is 6.39. The monoisotopic (exact) mass is 483 g/mol. The Bertz CT molecular complexity index is 1250. The van der Waals surface area contributed by atoms with Crippen LogP contribution in [0.3, 0.4) is 0 Å². The molecule has 0 saturated heterocycles. The fourth-order valence-corrected chi connectivity index (χ4v) is 4.66. The Hall–Kier alpha value is -3.38. The third kappa shape index (κ3) is 6.20. The number of nitrogens with zero attached hydrogens (tertiary/aromatic N) is 3. The average molecular weight is 484 g/mol. The van der Waals surface area contributed by atoms with Crippen LogP contribution in [0.4, 0.5) is 11.5 Å². The number of rotatable bonds is 4. The molecule has 0 atom stereocenters. The third-order valence-corrected chi connectivity index (χ3v) is 6.63. The SMILES string of the molecule is Clc1ccccc1CN1CNc2ccccc2C1.c1ccc(CN2CNc3ncccc3C2)cc1. The molecule has 0 bridgehead atoms. The molecule has 0 aliphatic carbocycles. The number of hydrogen-bond donors (Lipinski definition) is 2. The van der Waals surface area contributed by atoms with E-state index in [9.17, 15) is 0 Å². The Morgan fingerprint density at radius 2 is 1.37 bits per heavy atom. The first-order valence-corrected chi connectivity index (χ1v) is 12.3. The van der Waals surface area contributed by atoms with Crippen LogP contribution in [-0.4, -0.2) is 28.1 Å². The van der Waals surface area contributed by atoms with E-state index in [0.29, 0.717) is 0 Å². The van der Waals surface area contributed by atoms with Gasteiger partial charge in [-0.25, -0.2) is 4.98 Å². The van der Waals surface area contributed by atoms with Crippen LogP contribution in [0, 0.1) is 0 Å². The topological polar surface area (TPSA) is 43.4 Å². The van der Waals surface area contributed by atoms with Gasteiger partial charge in [0.05, 0.1) is 13.3 Å². The van der Waals surface area contributed by atoms with E-state index in [1.807, 2.05) is 30.5 Å². The van der Waals surface area contributed by atoms with Gasteiger partial charge in [-0.1, -0.05) is 84.4 Å². The van der Waals surface area contributed by atoms with Gasteiger partial charge in [0, 0.05) is 48.6 Å².